The van der Waals surface area contributed by atoms with Crippen LogP contribution < -0.4 is 10.2 Å². The number of sulfone groups is 1. The lowest BCUT2D eigenvalue weighted by Gasteiger charge is -2.38. The minimum absolute atomic E-state index is 0.116. The molecule has 0 radical (unpaired) electrons. The Balaban J connectivity index is 2.40. The van der Waals surface area contributed by atoms with E-state index in [2.05, 4.69) is 10.2 Å². The monoisotopic (exact) mass is 298 g/mol. The summed E-state index contributed by atoms with van der Waals surface area (Å²) in [4.78, 5) is 2.56. The molecule has 0 aliphatic carbocycles. The van der Waals surface area contributed by atoms with Crippen LogP contribution in [-0.2, 0) is 14.6 Å². The van der Waals surface area contributed by atoms with Gasteiger partial charge in [0.2, 0.25) is 0 Å². The van der Waals surface area contributed by atoms with Gasteiger partial charge in [-0.15, -0.1) is 0 Å². The van der Waals surface area contributed by atoms with E-state index in [4.69, 9.17) is 4.74 Å². The number of morpholine rings is 1. The van der Waals surface area contributed by atoms with Crippen molar-refractivity contribution in [3.63, 3.8) is 0 Å². The lowest BCUT2D eigenvalue weighted by molar-refractivity contribution is 0.0941. The van der Waals surface area contributed by atoms with Crippen molar-refractivity contribution in [2.45, 2.75) is 17.9 Å². The maximum absolute atomic E-state index is 12.3. The number of rotatable bonds is 5. The van der Waals surface area contributed by atoms with Gasteiger partial charge in [0.1, 0.15) is 0 Å². The van der Waals surface area contributed by atoms with E-state index in [0.717, 1.165) is 12.2 Å². The molecule has 0 bridgehead atoms. The zero-order chi connectivity index (χ0) is 14.6. The molecule has 1 aromatic rings. The summed E-state index contributed by atoms with van der Waals surface area (Å²) in [6.45, 7) is 4.39. The van der Waals surface area contributed by atoms with Gasteiger partial charge in [0.05, 0.1) is 35.6 Å². The van der Waals surface area contributed by atoms with Crippen molar-refractivity contribution in [1.82, 2.24) is 5.32 Å². The smallest absolute Gasteiger partial charge is 0.180 e. The van der Waals surface area contributed by atoms with Gasteiger partial charge in [0.25, 0.3) is 0 Å². The number of ether oxygens (including phenoxy) is 1. The second-order valence-electron chi connectivity index (χ2n) is 4.85. The third-order valence-electron chi connectivity index (χ3n) is 3.56. The fourth-order valence-corrected chi connectivity index (χ4v) is 3.59. The van der Waals surface area contributed by atoms with E-state index >= 15 is 0 Å². The summed E-state index contributed by atoms with van der Waals surface area (Å²) in [6.07, 6.45) is 0. The van der Waals surface area contributed by atoms with Gasteiger partial charge in [-0.1, -0.05) is 19.1 Å². The molecule has 1 aliphatic rings. The predicted molar refractivity (Wildman–Crippen MR) is 80.0 cm³/mol. The van der Waals surface area contributed by atoms with Gasteiger partial charge in [-0.2, -0.15) is 0 Å². The standard InChI is InChI=1S/C14H22N2O3S/c1-3-20(17,18)14-7-5-4-6-13(14)16-8-9-19-11-12(16)10-15-2/h4-7,12,15H,3,8-11H2,1-2H3. The molecule has 1 heterocycles. The molecule has 20 heavy (non-hydrogen) atoms. The summed E-state index contributed by atoms with van der Waals surface area (Å²) in [7, 11) is -1.33. The largest absolute Gasteiger partial charge is 0.377 e. The molecule has 112 valence electrons. The molecule has 1 aromatic carbocycles. The van der Waals surface area contributed by atoms with Crippen LogP contribution in [0.4, 0.5) is 5.69 Å². The van der Waals surface area contributed by atoms with Crippen LogP contribution in [0.1, 0.15) is 6.92 Å². The fourth-order valence-electron chi connectivity index (χ4n) is 2.49. The molecule has 1 N–H and O–H groups in total. The van der Waals surface area contributed by atoms with Crippen molar-refractivity contribution in [1.29, 1.82) is 0 Å². The molecule has 5 nitrogen and oxygen atoms in total. The number of nitrogens with one attached hydrogen (secondary N) is 1. The number of anilines is 1. The Labute approximate surface area is 120 Å². The summed E-state index contributed by atoms with van der Waals surface area (Å²) in [5, 5.41) is 3.14. The first kappa shape index (κ1) is 15.3. The Morgan fingerprint density at radius 1 is 1.40 bits per heavy atom. The molecule has 0 saturated carbocycles. The van der Waals surface area contributed by atoms with Gasteiger partial charge in [-0.25, -0.2) is 8.42 Å². The van der Waals surface area contributed by atoms with Crippen LogP contribution in [0.15, 0.2) is 29.2 Å². The van der Waals surface area contributed by atoms with Gasteiger partial charge in [0.15, 0.2) is 9.84 Å². The van der Waals surface area contributed by atoms with Crippen LogP contribution in [0, 0.1) is 0 Å². The number of para-hydroxylation sites is 1. The second kappa shape index (κ2) is 6.56. The molecule has 6 heteroatoms. The number of hydrogen-bond acceptors (Lipinski definition) is 5. The summed E-state index contributed by atoms with van der Waals surface area (Å²) in [6, 6.07) is 7.40. The average Bonchev–Trinajstić information content (AvgIpc) is 2.48. The van der Waals surface area contributed by atoms with Crippen molar-refractivity contribution in [2.24, 2.45) is 0 Å². The minimum atomic E-state index is -3.22. The van der Waals surface area contributed by atoms with E-state index in [1.54, 1.807) is 19.1 Å². The molecule has 1 saturated heterocycles. The van der Waals surface area contributed by atoms with E-state index in [1.165, 1.54) is 0 Å². The van der Waals surface area contributed by atoms with Gasteiger partial charge in [0, 0.05) is 13.1 Å². The highest BCUT2D eigenvalue weighted by molar-refractivity contribution is 7.91. The van der Waals surface area contributed by atoms with Crippen molar-refractivity contribution in [3.8, 4) is 0 Å². The highest BCUT2D eigenvalue weighted by Gasteiger charge is 2.27. The number of likely N-dealkylation sites (N-methyl/N-ethyl adjacent to an activating group) is 1. The van der Waals surface area contributed by atoms with E-state index in [9.17, 15) is 8.42 Å². The van der Waals surface area contributed by atoms with Crippen molar-refractivity contribution >= 4 is 15.5 Å². The molecule has 1 atom stereocenters. The SMILES string of the molecule is CCS(=O)(=O)c1ccccc1N1CCOCC1CNC. The van der Waals surface area contributed by atoms with Gasteiger partial charge < -0.3 is 15.0 Å². The maximum atomic E-state index is 12.3. The van der Waals surface area contributed by atoms with Crippen LogP contribution in [0.25, 0.3) is 0 Å². The Kier molecular flexibility index (Phi) is 5.01. The molecule has 2 rings (SSSR count). The number of nitrogens with zero attached hydrogens (tertiary/aromatic N) is 1. The Morgan fingerprint density at radius 2 is 2.15 bits per heavy atom. The molecule has 1 aliphatic heterocycles. The summed E-state index contributed by atoms with van der Waals surface area (Å²) in [5.74, 6) is 0.116. The van der Waals surface area contributed by atoms with E-state index in [1.807, 2.05) is 19.2 Å². The van der Waals surface area contributed by atoms with Gasteiger partial charge in [-0.05, 0) is 19.2 Å². The van der Waals surface area contributed by atoms with Gasteiger partial charge in [-0.3, -0.25) is 0 Å². The van der Waals surface area contributed by atoms with E-state index < -0.39 is 9.84 Å². The molecular weight excluding hydrogens is 276 g/mol. The fraction of sp³-hybridized carbons (Fsp3) is 0.571. The predicted octanol–water partition coefficient (Wildman–Crippen LogP) is 0.905. The van der Waals surface area contributed by atoms with Crippen LogP contribution in [-0.4, -0.2) is 53.6 Å². The maximum Gasteiger partial charge on any atom is 0.180 e. The number of benzene rings is 1. The first-order chi connectivity index (χ1) is 9.60. The Bertz CT molecular complexity index is 543. The van der Waals surface area contributed by atoms with Crippen LogP contribution in [0.5, 0.6) is 0 Å². The Hall–Kier alpha value is -1.11. The summed E-state index contributed by atoms with van der Waals surface area (Å²) in [5.41, 5.74) is 0.790. The Morgan fingerprint density at radius 3 is 2.85 bits per heavy atom. The first-order valence-corrected chi connectivity index (χ1v) is 8.56. The second-order valence-corrected chi connectivity index (χ2v) is 7.10. The van der Waals surface area contributed by atoms with Crippen LogP contribution in [0.3, 0.4) is 0 Å². The highest BCUT2D eigenvalue weighted by Crippen LogP contribution is 2.28. The van der Waals surface area contributed by atoms with Crippen molar-refractivity contribution < 1.29 is 13.2 Å². The topological polar surface area (TPSA) is 58.6 Å². The zero-order valence-corrected chi connectivity index (χ0v) is 12.8. The molecule has 0 aromatic heterocycles. The first-order valence-electron chi connectivity index (χ1n) is 6.91. The molecular formula is C14H22N2O3S. The summed E-state index contributed by atoms with van der Waals surface area (Å²) >= 11 is 0. The third kappa shape index (κ3) is 3.13. The number of hydrogen-bond donors (Lipinski definition) is 1. The molecule has 0 spiro atoms. The van der Waals surface area contributed by atoms with E-state index in [-0.39, 0.29) is 11.8 Å². The zero-order valence-electron chi connectivity index (χ0n) is 12.0. The van der Waals surface area contributed by atoms with Crippen molar-refractivity contribution in [2.75, 3.05) is 44.0 Å². The molecule has 1 unspecified atom stereocenters. The van der Waals surface area contributed by atoms with Gasteiger partial charge >= 0.3 is 0 Å². The normalized spacial score (nSPS) is 20.1. The third-order valence-corrected chi connectivity index (χ3v) is 5.33. The lowest BCUT2D eigenvalue weighted by Crippen LogP contribution is -2.50. The molecule has 1 fully saturated rings. The van der Waals surface area contributed by atoms with Crippen molar-refractivity contribution in [3.05, 3.63) is 24.3 Å². The highest BCUT2D eigenvalue weighted by atomic mass is 32.2. The lowest BCUT2D eigenvalue weighted by atomic mass is 10.2. The van der Waals surface area contributed by atoms with Crippen LogP contribution >= 0.6 is 0 Å². The minimum Gasteiger partial charge on any atom is -0.377 e. The van der Waals surface area contributed by atoms with Crippen LogP contribution in [0.2, 0.25) is 0 Å². The molecule has 0 amide bonds. The quantitative estimate of drug-likeness (QED) is 0.875. The summed E-state index contributed by atoms with van der Waals surface area (Å²) < 4.78 is 30.0. The average molecular weight is 298 g/mol. The van der Waals surface area contributed by atoms with E-state index in [0.29, 0.717) is 24.7 Å².